The van der Waals surface area contributed by atoms with Crippen LogP contribution in [0.1, 0.15) is 142 Å². The number of ether oxygens (including phenoxy) is 1. The van der Waals surface area contributed by atoms with Crippen LogP contribution in [0.15, 0.2) is 0 Å². The van der Waals surface area contributed by atoms with Crippen LogP contribution in [0.5, 0.6) is 0 Å². The third kappa shape index (κ3) is 28.7. The summed E-state index contributed by atoms with van der Waals surface area (Å²) in [5.41, 5.74) is -8.08. The van der Waals surface area contributed by atoms with Gasteiger partial charge < -0.3 is 31.9 Å². The number of hydrogen-bond donors (Lipinski definition) is 0. The van der Waals surface area contributed by atoms with Crippen molar-refractivity contribution in [1.82, 2.24) is 0 Å². The lowest BCUT2D eigenvalue weighted by atomic mass is 10.1. The van der Waals surface area contributed by atoms with Crippen molar-refractivity contribution >= 4 is 86.6 Å². The lowest BCUT2D eigenvalue weighted by molar-refractivity contribution is 0.143. The van der Waals surface area contributed by atoms with Crippen molar-refractivity contribution in [3.05, 3.63) is 0 Å². The molecule has 0 aromatic rings. The lowest BCUT2D eigenvalue weighted by Gasteiger charge is -2.32. The van der Waals surface area contributed by atoms with Gasteiger partial charge in [-0.15, -0.1) is 0 Å². The van der Waals surface area contributed by atoms with Gasteiger partial charge in [-0.3, -0.25) is 0 Å². The predicted octanol–water partition coefficient (Wildman–Crippen LogP) is 14.0. The zero-order valence-electron chi connectivity index (χ0n) is 34.3. The standard InChI is InChI=1S/C35H75O7P3S6/c1-15-17-19-36-20-21-49-43(46,41-34(13)25-50-44(47,37-30(9)18-16-2)38-31(10)22-27(3)4)42-35(14)26-51-45(48,39-32(11)23-28(5)6)40-33(12)24-29(7)8/h27-35H,15-26H2,1-14H3. The van der Waals surface area contributed by atoms with Gasteiger partial charge in [-0.05, 0) is 127 Å². The van der Waals surface area contributed by atoms with Gasteiger partial charge in [0.2, 0.25) is 17.1 Å². The van der Waals surface area contributed by atoms with Gasteiger partial charge in [0.05, 0.1) is 43.2 Å². The van der Waals surface area contributed by atoms with Crippen LogP contribution < -0.4 is 0 Å². The molecule has 7 nitrogen and oxygen atoms in total. The predicted molar refractivity (Wildman–Crippen MR) is 243 cm³/mol. The first kappa shape index (κ1) is 53.7. The van der Waals surface area contributed by atoms with Crippen molar-refractivity contribution in [3.63, 3.8) is 0 Å². The van der Waals surface area contributed by atoms with Crippen LogP contribution in [-0.2, 0) is 67.3 Å². The van der Waals surface area contributed by atoms with Gasteiger partial charge in [0.15, 0.2) is 0 Å². The second-order valence-electron chi connectivity index (χ2n) is 14.9. The van der Waals surface area contributed by atoms with E-state index in [1.54, 1.807) is 34.1 Å². The van der Waals surface area contributed by atoms with Crippen LogP contribution in [-0.4, -0.2) is 67.1 Å². The molecule has 0 aromatic heterocycles. The Bertz CT molecular complexity index is 1020. The molecule has 51 heavy (non-hydrogen) atoms. The van der Waals surface area contributed by atoms with Crippen molar-refractivity contribution in [1.29, 1.82) is 0 Å². The van der Waals surface area contributed by atoms with E-state index >= 15 is 0 Å². The van der Waals surface area contributed by atoms with E-state index in [9.17, 15) is 0 Å². The minimum absolute atomic E-state index is 0.00641. The quantitative estimate of drug-likeness (QED) is 0.0464. The highest BCUT2D eigenvalue weighted by Crippen LogP contribution is 2.67. The Morgan fingerprint density at radius 3 is 1.16 bits per heavy atom. The van der Waals surface area contributed by atoms with E-state index in [1.165, 1.54) is 0 Å². The molecule has 0 fully saturated rings. The summed E-state index contributed by atoms with van der Waals surface area (Å²) in [6.45, 7) is 31.3. The van der Waals surface area contributed by atoms with Crippen molar-refractivity contribution in [2.75, 3.05) is 30.5 Å². The first-order chi connectivity index (χ1) is 23.6. The van der Waals surface area contributed by atoms with E-state index in [-0.39, 0.29) is 36.6 Å². The summed E-state index contributed by atoms with van der Waals surface area (Å²) < 4.78 is 45.2. The molecular weight excluding hydrogens is 818 g/mol. The van der Waals surface area contributed by atoms with Crippen molar-refractivity contribution in [3.8, 4) is 0 Å². The second kappa shape index (κ2) is 29.0. The summed E-state index contributed by atoms with van der Waals surface area (Å²) in [5, 5.41) is 0. The minimum Gasteiger partial charge on any atom is -0.381 e. The topological polar surface area (TPSA) is 64.6 Å². The van der Waals surface area contributed by atoms with E-state index in [2.05, 4.69) is 83.1 Å². The third-order valence-corrected chi connectivity index (χ3v) is 23.5. The van der Waals surface area contributed by atoms with E-state index in [0.29, 0.717) is 41.6 Å². The lowest BCUT2D eigenvalue weighted by Crippen LogP contribution is -2.18. The van der Waals surface area contributed by atoms with Gasteiger partial charge in [0.25, 0.3) is 0 Å². The largest absolute Gasteiger partial charge is 0.381 e. The summed E-state index contributed by atoms with van der Waals surface area (Å²) in [6, 6.07) is 0. The Morgan fingerprint density at radius 1 is 0.451 bits per heavy atom. The molecule has 0 bridgehead atoms. The molecule has 0 aromatic carbocycles. The van der Waals surface area contributed by atoms with E-state index in [1.807, 2.05) is 13.8 Å². The Balaban J connectivity index is 5.87. The van der Waals surface area contributed by atoms with Crippen LogP contribution in [0, 0.1) is 17.8 Å². The van der Waals surface area contributed by atoms with Gasteiger partial charge in [0, 0.05) is 23.9 Å². The SMILES string of the molecule is CCCCOCCSP(=S)(OC(C)CSP(=S)(OC(C)CCC)OC(C)CC(C)C)OC(C)CSP(=S)(OC(C)CC(C)C)OC(C)CC(C)C. The Morgan fingerprint density at radius 2 is 0.804 bits per heavy atom. The molecule has 0 aliphatic rings. The van der Waals surface area contributed by atoms with Crippen LogP contribution in [0.25, 0.3) is 0 Å². The molecule has 16 heteroatoms. The molecule has 8 unspecified atom stereocenters. The molecular formula is C35H75O7P3S6. The molecule has 0 radical (unpaired) electrons. The average molecular weight is 893 g/mol. The molecule has 308 valence electrons. The molecule has 0 saturated heterocycles. The van der Waals surface area contributed by atoms with Crippen LogP contribution in [0.3, 0.4) is 0 Å². The van der Waals surface area contributed by atoms with Crippen LogP contribution in [0.4, 0.5) is 0 Å². The van der Waals surface area contributed by atoms with Gasteiger partial charge in [-0.1, -0.05) is 102 Å². The normalized spacial score (nSPS) is 19.7. The Labute approximate surface area is 342 Å². The average Bonchev–Trinajstić information content (AvgIpc) is 2.95. The highest BCUT2D eigenvalue weighted by atomic mass is 32.9. The fourth-order valence-corrected chi connectivity index (χ4v) is 21.8. The van der Waals surface area contributed by atoms with Crippen molar-refractivity contribution in [2.45, 2.75) is 179 Å². The summed E-state index contributed by atoms with van der Waals surface area (Å²) in [4.78, 5) is 0. The van der Waals surface area contributed by atoms with Crippen molar-refractivity contribution in [2.24, 2.45) is 17.8 Å². The summed E-state index contributed by atoms with van der Waals surface area (Å²) in [5.74, 6) is 3.38. The van der Waals surface area contributed by atoms with Gasteiger partial charge in [-0.2, -0.15) is 0 Å². The van der Waals surface area contributed by atoms with Crippen LogP contribution >= 0.6 is 51.2 Å². The zero-order chi connectivity index (χ0) is 39.3. The molecule has 0 saturated carbocycles. The summed E-state index contributed by atoms with van der Waals surface area (Å²) in [6.07, 6.45) is 6.47. The zero-order valence-corrected chi connectivity index (χ0v) is 41.9. The summed E-state index contributed by atoms with van der Waals surface area (Å²) in [7, 11) is 0. The molecule has 0 aliphatic carbocycles. The third-order valence-electron chi connectivity index (χ3n) is 7.01. The van der Waals surface area contributed by atoms with Crippen molar-refractivity contribution < 1.29 is 31.9 Å². The first-order valence-corrected chi connectivity index (χ1v) is 31.8. The van der Waals surface area contributed by atoms with Gasteiger partial charge in [0.1, 0.15) is 0 Å². The Hall–Kier alpha value is 2.72. The highest BCUT2D eigenvalue weighted by molar-refractivity contribution is 8.68. The molecule has 0 spiro atoms. The molecule has 0 rings (SSSR count). The fraction of sp³-hybridized carbons (Fsp3) is 1.00. The Kier molecular flexibility index (Phi) is 30.6. The fourth-order valence-electron chi connectivity index (χ4n) is 5.17. The second-order valence-corrected chi connectivity index (χ2v) is 33.8. The smallest absolute Gasteiger partial charge is 0.247 e. The maximum Gasteiger partial charge on any atom is 0.247 e. The molecule has 0 aliphatic heterocycles. The number of unbranched alkanes of at least 4 members (excludes halogenated alkanes) is 1. The minimum atomic E-state index is -2.79. The van der Waals surface area contributed by atoms with Gasteiger partial charge in [-0.25, -0.2) is 0 Å². The molecule has 0 heterocycles. The monoisotopic (exact) mass is 892 g/mol. The molecule has 0 amide bonds. The number of rotatable bonds is 33. The maximum absolute atomic E-state index is 6.67. The molecule has 8 atom stereocenters. The highest BCUT2D eigenvalue weighted by Gasteiger charge is 2.32. The van der Waals surface area contributed by atoms with E-state index < -0.39 is 17.1 Å². The first-order valence-electron chi connectivity index (χ1n) is 19.1. The maximum atomic E-state index is 6.67. The number of hydrogen-bond acceptors (Lipinski definition) is 13. The van der Waals surface area contributed by atoms with E-state index in [0.717, 1.165) is 51.6 Å². The van der Waals surface area contributed by atoms with Gasteiger partial charge >= 0.3 is 0 Å². The van der Waals surface area contributed by atoms with Crippen LogP contribution in [0.2, 0.25) is 0 Å². The molecule has 0 N–H and O–H groups in total. The van der Waals surface area contributed by atoms with E-state index in [4.69, 9.17) is 67.3 Å². The summed E-state index contributed by atoms with van der Waals surface area (Å²) >= 11 is 23.2.